The van der Waals surface area contributed by atoms with Crippen molar-refractivity contribution in [2.24, 2.45) is 0 Å². The summed E-state index contributed by atoms with van der Waals surface area (Å²) in [5, 5.41) is 6.61. The molecule has 0 atom stereocenters. The highest BCUT2D eigenvalue weighted by atomic mass is 32.1. The van der Waals surface area contributed by atoms with Crippen molar-refractivity contribution in [2.75, 3.05) is 27.7 Å². The second-order valence-electron chi connectivity index (χ2n) is 6.50. The molecule has 2 amide bonds. The standard InChI is InChI=1S/C20H22N4O2S/c1-22(2)18(25)14-23(3)20(26)16-13-24(12-15-8-5-4-6-9-15)21-19(16)17-10-7-11-27-17/h4-11,13H,12,14H2,1-3H3. The average molecular weight is 382 g/mol. The maximum atomic E-state index is 13.0. The van der Waals surface area contributed by atoms with Gasteiger partial charge in [0.1, 0.15) is 5.69 Å². The Balaban J connectivity index is 1.90. The Morgan fingerprint density at radius 1 is 1.07 bits per heavy atom. The number of hydrogen-bond acceptors (Lipinski definition) is 4. The Labute approximate surface area is 162 Å². The SMILES string of the molecule is CN(C)C(=O)CN(C)C(=O)c1cn(Cc2ccccc2)nc1-c1cccs1. The molecule has 0 fully saturated rings. The third kappa shape index (κ3) is 4.43. The van der Waals surface area contributed by atoms with Gasteiger partial charge >= 0.3 is 0 Å². The Morgan fingerprint density at radius 2 is 1.81 bits per heavy atom. The molecular weight excluding hydrogens is 360 g/mol. The Morgan fingerprint density at radius 3 is 2.44 bits per heavy atom. The predicted octanol–water partition coefficient (Wildman–Crippen LogP) is 2.82. The van der Waals surface area contributed by atoms with E-state index in [1.54, 1.807) is 32.0 Å². The van der Waals surface area contributed by atoms with Crippen molar-refractivity contribution in [3.05, 3.63) is 65.2 Å². The zero-order chi connectivity index (χ0) is 19.4. The van der Waals surface area contributed by atoms with Gasteiger partial charge in [-0.1, -0.05) is 36.4 Å². The molecule has 0 saturated heterocycles. The third-order valence-electron chi connectivity index (χ3n) is 4.15. The van der Waals surface area contributed by atoms with Crippen molar-refractivity contribution in [2.45, 2.75) is 6.54 Å². The molecule has 0 spiro atoms. The van der Waals surface area contributed by atoms with Gasteiger partial charge in [-0.15, -0.1) is 11.3 Å². The number of amides is 2. The van der Waals surface area contributed by atoms with E-state index in [4.69, 9.17) is 0 Å². The number of nitrogens with zero attached hydrogens (tertiary/aromatic N) is 4. The van der Waals surface area contributed by atoms with E-state index in [0.29, 0.717) is 17.8 Å². The van der Waals surface area contributed by atoms with Crippen LogP contribution in [0.4, 0.5) is 0 Å². The molecule has 2 heterocycles. The number of thiophene rings is 1. The van der Waals surface area contributed by atoms with Crippen LogP contribution in [0.2, 0.25) is 0 Å². The predicted molar refractivity (Wildman–Crippen MR) is 107 cm³/mol. The third-order valence-corrected chi connectivity index (χ3v) is 5.03. The van der Waals surface area contributed by atoms with Crippen LogP contribution in [0.25, 0.3) is 10.6 Å². The number of carbonyl (C=O) groups excluding carboxylic acids is 2. The number of carbonyl (C=O) groups is 2. The van der Waals surface area contributed by atoms with E-state index in [9.17, 15) is 9.59 Å². The topological polar surface area (TPSA) is 58.4 Å². The minimum absolute atomic E-state index is 0.0274. The van der Waals surface area contributed by atoms with Crippen LogP contribution < -0.4 is 0 Å². The van der Waals surface area contributed by atoms with Crippen molar-refractivity contribution in [3.63, 3.8) is 0 Å². The van der Waals surface area contributed by atoms with E-state index in [1.165, 1.54) is 21.1 Å². The first-order valence-electron chi connectivity index (χ1n) is 8.56. The number of likely N-dealkylation sites (N-methyl/N-ethyl adjacent to an activating group) is 2. The number of rotatable bonds is 6. The largest absolute Gasteiger partial charge is 0.347 e. The van der Waals surface area contributed by atoms with Crippen molar-refractivity contribution in [1.82, 2.24) is 19.6 Å². The van der Waals surface area contributed by atoms with Gasteiger partial charge in [0.2, 0.25) is 5.91 Å². The molecule has 0 unspecified atom stereocenters. The lowest BCUT2D eigenvalue weighted by Crippen LogP contribution is -2.37. The molecular formula is C20H22N4O2S. The van der Waals surface area contributed by atoms with Crippen LogP contribution in [0, 0.1) is 0 Å². The van der Waals surface area contributed by atoms with Gasteiger partial charge in [-0.05, 0) is 17.0 Å². The fraction of sp³-hybridized carbons (Fsp3) is 0.250. The molecule has 0 aliphatic carbocycles. The molecule has 7 heteroatoms. The van der Waals surface area contributed by atoms with E-state index in [0.717, 1.165) is 10.4 Å². The zero-order valence-electron chi connectivity index (χ0n) is 15.6. The maximum absolute atomic E-state index is 13.0. The average Bonchev–Trinajstić information content (AvgIpc) is 3.31. The smallest absolute Gasteiger partial charge is 0.257 e. The molecule has 3 aromatic rings. The Hall–Kier alpha value is -2.93. The molecule has 27 heavy (non-hydrogen) atoms. The second kappa shape index (κ2) is 8.18. The molecule has 1 aromatic carbocycles. The van der Waals surface area contributed by atoms with Crippen molar-refractivity contribution in [3.8, 4) is 10.6 Å². The second-order valence-corrected chi connectivity index (χ2v) is 7.45. The highest BCUT2D eigenvalue weighted by molar-refractivity contribution is 7.13. The molecule has 0 aliphatic heterocycles. The van der Waals surface area contributed by atoms with Crippen molar-refractivity contribution in [1.29, 1.82) is 0 Å². The lowest BCUT2D eigenvalue weighted by atomic mass is 10.2. The first kappa shape index (κ1) is 18.8. The van der Waals surface area contributed by atoms with Crippen LogP contribution in [0.15, 0.2) is 54.0 Å². The summed E-state index contributed by atoms with van der Waals surface area (Å²) >= 11 is 1.54. The summed E-state index contributed by atoms with van der Waals surface area (Å²) in [6.45, 7) is 0.604. The van der Waals surface area contributed by atoms with E-state index >= 15 is 0 Å². The molecule has 0 saturated carbocycles. The monoisotopic (exact) mass is 382 g/mol. The normalized spacial score (nSPS) is 10.6. The minimum Gasteiger partial charge on any atom is -0.347 e. The summed E-state index contributed by atoms with van der Waals surface area (Å²) in [6, 6.07) is 13.9. The zero-order valence-corrected chi connectivity index (χ0v) is 16.4. The first-order chi connectivity index (χ1) is 13.0. The fourth-order valence-corrected chi connectivity index (χ4v) is 3.37. The van der Waals surface area contributed by atoms with Gasteiger partial charge in [0, 0.05) is 27.3 Å². The lowest BCUT2D eigenvalue weighted by molar-refractivity contribution is -0.129. The van der Waals surface area contributed by atoms with Gasteiger partial charge in [-0.2, -0.15) is 5.10 Å². The van der Waals surface area contributed by atoms with E-state index in [-0.39, 0.29) is 18.4 Å². The number of benzene rings is 1. The summed E-state index contributed by atoms with van der Waals surface area (Å²) in [5.41, 5.74) is 2.25. The molecule has 0 aliphatic rings. The molecule has 2 aromatic heterocycles. The number of hydrogen-bond donors (Lipinski definition) is 0. The van der Waals surface area contributed by atoms with E-state index < -0.39 is 0 Å². The maximum Gasteiger partial charge on any atom is 0.257 e. The first-order valence-corrected chi connectivity index (χ1v) is 9.44. The highest BCUT2D eigenvalue weighted by Crippen LogP contribution is 2.27. The summed E-state index contributed by atoms with van der Waals surface area (Å²) in [4.78, 5) is 28.8. The van der Waals surface area contributed by atoms with Gasteiger partial charge < -0.3 is 9.80 Å². The highest BCUT2D eigenvalue weighted by Gasteiger charge is 2.23. The van der Waals surface area contributed by atoms with Gasteiger partial charge in [0.25, 0.3) is 5.91 Å². The minimum atomic E-state index is -0.215. The van der Waals surface area contributed by atoms with E-state index in [2.05, 4.69) is 5.10 Å². The van der Waals surface area contributed by atoms with Crippen LogP contribution in [0.5, 0.6) is 0 Å². The van der Waals surface area contributed by atoms with Crippen molar-refractivity contribution >= 4 is 23.2 Å². The van der Waals surface area contributed by atoms with Gasteiger partial charge in [0.15, 0.2) is 0 Å². The summed E-state index contributed by atoms with van der Waals surface area (Å²) in [6.07, 6.45) is 1.76. The summed E-state index contributed by atoms with van der Waals surface area (Å²) in [7, 11) is 4.99. The number of aromatic nitrogens is 2. The van der Waals surface area contributed by atoms with Crippen LogP contribution in [-0.4, -0.2) is 59.1 Å². The molecule has 140 valence electrons. The van der Waals surface area contributed by atoms with Crippen LogP contribution in [0.3, 0.4) is 0 Å². The van der Waals surface area contributed by atoms with E-state index in [1.807, 2.05) is 47.8 Å². The van der Waals surface area contributed by atoms with Crippen LogP contribution in [-0.2, 0) is 11.3 Å². The molecule has 6 nitrogen and oxygen atoms in total. The summed E-state index contributed by atoms with van der Waals surface area (Å²) < 4.78 is 1.78. The van der Waals surface area contributed by atoms with Gasteiger partial charge in [-0.25, -0.2) is 0 Å². The fourth-order valence-electron chi connectivity index (χ4n) is 2.65. The van der Waals surface area contributed by atoms with Gasteiger partial charge in [-0.3, -0.25) is 14.3 Å². The Kier molecular flexibility index (Phi) is 5.71. The van der Waals surface area contributed by atoms with Crippen LogP contribution in [0.1, 0.15) is 15.9 Å². The molecule has 0 N–H and O–H groups in total. The molecule has 0 radical (unpaired) electrons. The quantitative estimate of drug-likeness (QED) is 0.659. The molecule has 3 rings (SSSR count). The summed E-state index contributed by atoms with van der Waals surface area (Å²) in [5.74, 6) is -0.340. The Bertz CT molecular complexity index is 917. The van der Waals surface area contributed by atoms with Crippen LogP contribution >= 0.6 is 11.3 Å². The van der Waals surface area contributed by atoms with Gasteiger partial charge in [0.05, 0.1) is 23.5 Å². The molecule has 0 bridgehead atoms. The lowest BCUT2D eigenvalue weighted by Gasteiger charge is -2.19. The van der Waals surface area contributed by atoms with Crippen molar-refractivity contribution < 1.29 is 9.59 Å².